The second-order valence-corrected chi connectivity index (χ2v) is 15.1. The Morgan fingerprint density at radius 2 is 1.69 bits per heavy atom. The zero-order valence-corrected chi connectivity index (χ0v) is 32.2. The molecular formula is C41H39ClN6O6S. The SMILES string of the molecule is Cc1sc2c(c1C)C(c1ccc(Cl)cc1)=N[C@@H](CC(=O)NCCOCCCCCc1ccc(Oc3cccc4c3C(=O)NC(=O)C4=O)cc1)c1nnc(C)n1-2. The lowest BCUT2D eigenvalue weighted by Gasteiger charge is -2.17. The molecule has 55 heavy (non-hydrogen) atoms. The molecule has 12 nitrogen and oxygen atoms in total. The van der Waals surface area contributed by atoms with Gasteiger partial charge in [0.15, 0.2) is 5.82 Å². The molecule has 7 rings (SSSR count). The Kier molecular flexibility index (Phi) is 11.3. The van der Waals surface area contributed by atoms with Crippen molar-refractivity contribution in [2.24, 2.45) is 4.99 Å². The topological polar surface area (TPSA) is 154 Å². The second kappa shape index (κ2) is 16.5. The maximum Gasteiger partial charge on any atom is 0.299 e. The van der Waals surface area contributed by atoms with Gasteiger partial charge < -0.3 is 14.8 Å². The third-order valence-electron chi connectivity index (χ3n) is 9.64. The van der Waals surface area contributed by atoms with E-state index in [-0.39, 0.29) is 29.2 Å². The van der Waals surface area contributed by atoms with Crippen molar-refractivity contribution >= 4 is 52.2 Å². The Hall–Kier alpha value is -5.50. The number of carbonyl (C=O) groups is 4. The number of aryl methyl sites for hydroxylation is 3. The number of amides is 3. The molecule has 5 aromatic rings. The van der Waals surface area contributed by atoms with Crippen molar-refractivity contribution in [3.8, 4) is 16.5 Å². The number of hydrogen-bond donors (Lipinski definition) is 2. The molecule has 1 atom stereocenters. The zero-order chi connectivity index (χ0) is 38.6. The average molecular weight is 779 g/mol. The summed E-state index contributed by atoms with van der Waals surface area (Å²) in [6.07, 6.45) is 3.82. The summed E-state index contributed by atoms with van der Waals surface area (Å²) in [6.45, 7) is 7.49. The fourth-order valence-electron chi connectivity index (χ4n) is 6.69. The largest absolute Gasteiger partial charge is 0.457 e. The molecular weight excluding hydrogens is 740 g/mol. The molecule has 4 heterocycles. The molecule has 0 unspecified atom stereocenters. The van der Waals surface area contributed by atoms with Gasteiger partial charge in [0.1, 0.15) is 28.4 Å². The average Bonchev–Trinajstić information content (AvgIpc) is 3.65. The lowest BCUT2D eigenvalue weighted by atomic mass is 9.98. The third-order valence-corrected chi connectivity index (χ3v) is 11.1. The summed E-state index contributed by atoms with van der Waals surface area (Å²) in [4.78, 5) is 55.8. The summed E-state index contributed by atoms with van der Waals surface area (Å²) < 4.78 is 13.8. The first-order chi connectivity index (χ1) is 26.6. The Labute approximate surface area is 326 Å². The lowest BCUT2D eigenvalue weighted by Crippen LogP contribution is -2.42. The molecule has 0 saturated carbocycles. The Bertz CT molecular complexity index is 2310. The van der Waals surface area contributed by atoms with Gasteiger partial charge in [0.25, 0.3) is 17.6 Å². The van der Waals surface area contributed by atoms with Gasteiger partial charge in [-0.15, -0.1) is 21.5 Å². The van der Waals surface area contributed by atoms with Crippen LogP contribution in [0.5, 0.6) is 11.5 Å². The van der Waals surface area contributed by atoms with Gasteiger partial charge in [-0.2, -0.15) is 0 Å². The Balaban J connectivity index is 0.852. The van der Waals surface area contributed by atoms with Crippen LogP contribution in [0.25, 0.3) is 5.00 Å². The maximum absolute atomic E-state index is 13.2. The van der Waals surface area contributed by atoms with Crippen molar-refractivity contribution in [1.29, 1.82) is 0 Å². The first-order valence-corrected chi connectivity index (χ1v) is 19.3. The number of nitrogens with one attached hydrogen (secondary N) is 2. The van der Waals surface area contributed by atoms with Crippen LogP contribution < -0.4 is 15.4 Å². The van der Waals surface area contributed by atoms with Crippen molar-refractivity contribution in [3.05, 3.63) is 122 Å². The summed E-state index contributed by atoms with van der Waals surface area (Å²) in [5.74, 6) is -0.401. The van der Waals surface area contributed by atoms with Crippen LogP contribution in [0.4, 0.5) is 0 Å². The number of Topliss-reactive ketones (excluding diaryl/α,β-unsaturated/α-hetero) is 1. The molecule has 14 heteroatoms. The minimum Gasteiger partial charge on any atom is -0.457 e. The molecule has 2 aromatic heterocycles. The highest BCUT2D eigenvalue weighted by Crippen LogP contribution is 2.39. The summed E-state index contributed by atoms with van der Waals surface area (Å²) in [5, 5.41) is 15.5. The number of imide groups is 1. The zero-order valence-electron chi connectivity index (χ0n) is 30.6. The van der Waals surface area contributed by atoms with E-state index in [1.165, 1.54) is 10.9 Å². The minimum absolute atomic E-state index is 0.0339. The molecule has 3 amide bonds. The molecule has 0 saturated heterocycles. The summed E-state index contributed by atoms with van der Waals surface area (Å²) in [6, 6.07) is 19.2. The smallest absolute Gasteiger partial charge is 0.299 e. The van der Waals surface area contributed by atoms with E-state index >= 15 is 0 Å². The summed E-state index contributed by atoms with van der Waals surface area (Å²) in [5.41, 5.74) is 5.11. The standard InChI is InChI=1S/C41H39ClN6O6S/c1-23-24(2)55-41-34(23)36(27-13-15-28(42)16-14-27)44-31(38-47-46-25(3)48(38)41)22-33(49)43-19-21-53-20-6-4-5-8-26-11-17-29(18-12-26)54-32-10-7-9-30-35(32)39(51)45-40(52)37(30)50/h7,9-18,31H,4-6,8,19-22H2,1-3H3,(H,43,49)(H,45,51,52)/t31-/m0/s1. The first-order valence-electron chi connectivity index (χ1n) is 18.1. The first kappa shape index (κ1) is 37.8. The number of aliphatic imine (C=N–C) groups is 1. The molecule has 0 bridgehead atoms. The maximum atomic E-state index is 13.2. The lowest BCUT2D eigenvalue weighted by molar-refractivity contribution is -0.121. The predicted molar refractivity (Wildman–Crippen MR) is 209 cm³/mol. The van der Waals surface area contributed by atoms with E-state index in [2.05, 4.69) is 34.7 Å². The number of thiophene rings is 1. The van der Waals surface area contributed by atoms with Crippen LogP contribution >= 0.6 is 22.9 Å². The van der Waals surface area contributed by atoms with Crippen LogP contribution in [0.2, 0.25) is 5.02 Å². The number of ether oxygens (including phenoxy) is 2. The molecule has 2 N–H and O–H groups in total. The Morgan fingerprint density at radius 1 is 0.909 bits per heavy atom. The van der Waals surface area contributed by atoms with Gasteiger partial charge in [-0.05, 0) is 87.6 Å². The van der Waals surface area contributed by atoms with Crippen LogP contribution in [-0.4, -0.2) is 63.7 Å². The van der Waals surface area contributed by atoms with Crippen LogP contribution in [0.3, 0.4) is 0 Å². The molecule has 0 radical (unpaired) electrons. The summed E-state index contributed by atoms with van der Waals surface area (Å²) >= 11 is 7.89. The number of nitrogens with zero attached hydrogens (tertiary/aromatic N) is 4. The number of rotatable bonds is 14. The van der Waals surface area contributed by atoms with Gasteiger partial charge in [-0.3, -0.25) is 34.1 Å². The fraction of sp³-hybridized carbons (Fsp3) is 0.293. The highest BCUT2D eigenvalue weighted by Gasteiger charge is 2.34. The summed E-state index contributed by atoms with van der Waals surface area (Å²) in [7, 11) is 0. The molecule has 2 aliphatic heterocycles. The van der Waals surface area contributed by atoms with Gasteiger partial charge in [-0.25, -0.2) is 0 Å². The van der Waals surface area contributed by atoms with Gasteiger partial charge >= 0.3 is 0 Å². The van der Waals surface area contributed by atoms with Crippen molar-refractivity contribution < 1.29 is 28.7 Å². The quantitative estimate of drug-likeness (QED) is 0.0696. The van der Waals surface area contributed by atoms with Crippen molar-refractivity contribution in [3.63, 3.8) is 0 Å². The number of carbonyl (C=O) groups excluding carboxylic acids is 4. The van der Waals surface area contributed by atoms with Crippen LogP contribution in [-0.2, 0) is 20.7 Å². The molecule has 0 spiro atoms. The number of ketones is 1. The number of halogens is 1. The number of fused-ring (bicyclic) bond motifs is 4. The number of unbranched alkanes of at least 4 members (excludes halogenated alkanes) is 2. The number of benzene rings is 3. The van der Waals surface area contributed by atoms with Gasteiger partial charge in [0.2, 0.25) is 5.91 Å². The third kappa shape index (κ3) is 8.14. The van der Waals surface area contributed by atoms with Crippen molar-refractivity contribution in [2.75, 3.05) is 19.8 Å². The van der Waals surface area contributed by atoms with E-state index in [0.717, 1.165) is 64.5 Å². The number of hydrogen-bond acceptors (Lipinski definition) is 10. The second-order valence-electron chi connectivity index (χ2n) is 13.4. The highest BCUT2D eigenvalue weighted by molar-refractivity contribution is 7.15. The highest BCUT2D eigenvalue weighted by atomic mass is 35.5. The van der Waals surface area contributed by atoms with E-state index in [1.807, 2.05) is 60.0 Å². The molecule has 282 valence electrons. The molecule has 3 aromatic carbocycles. The van der Waals surface area contributed by atoms with Crippen LogP contribution in [0, 0.1) is 20.8 Å². The van der Waals surface area contributed by atoms with Gasteiger partial charge in [0.05, 0.1) is 24.3 Å². The van der Waals surface area contributed by atoms with E-state index < -0.39 is 23.6 Å². The van der Waals surface area contributed by atoms with Crippen LogP contribution in [0.15, 0.2) is 71.7 Å². The van der Waals surface area contributed by atoms with E-state index in [0.29, 0.717) is 36.4 Å². The van der Waals surface area contributed by atoms with Gasteiger partial charge in [0, 0.05) is 39.7 Å². The van der Waals surface area contributed by atoms with E-state index in [1.54, 1.807) is 23.5 Å². The molecule has 2 aliphatic rings. The normalized spacial score (nSPS) is 14.7. The minimum atomic E-state index is -0.942. The number of aromatic nitrogens is 3. The van der Waals surface area contributed by atoms with E-state index in [9.17, 15) is 19.2 Å². The molecule has 0 aliphatic carbocycles. The Morgan fingerprint density at radius 3 is 2.47 bits per heavy atom. The molecule has 0 fully saturated rings. The predicted octanol–water partition coefficient (Wildman–Crippen LogP) is 6.98. The monoisotopic (exact) mass is 778 g/mol. The fourth-order valence-corrected chi connectivity index (χ4v) is 8.03. The van der Waals surface area contributed by atoms with E-state index in [4.69, 9.17) is 26.1 Å². The van der Waals surface area contributed by atoms with Crippen molar-refractivity contribution in [1.82, 2.24) is 25.4 Å². The van der Waals surface area contributed by atoms with Gasteiger partial charge in [-0.1, -0.05) is 48.4 Å². The van der Waals surface area contributed by atoms with Crippen molar-refractivity contribution in [2.45, 2.75) is 58.9 Å². The van der Waals surface area contributed by atoms with Crippen LogP contribution in [0.1, 0.15) is 91.2 Å².